The zero-order valence-electron chi connectivity index (χ0n) is 17.0. The number of carbonyl (C=O) groups excluding carboxylic acids is 2. The lowest BCUT2D eigenvalue weighted by atomic mass is 9.87. The third-order valence-corrected chi connectivity index (χ3v) is 5.29. The fourth-order valence-electron chi connectivity index (χ4n) is 3.42. The van der Waals surface area contributed by atoms with Crippen LogP contribution in [0.2, 0.25) is 0 Å². The van der Waals surface area contributed by atoms with Crippen LogP contribution in [0.3, 0.4) is 0 Å². The fraction of sp³-hybridized carbons (Fsp3) is 0.391. The van der Waals surface area contributed by atoms with Crippen LogP contribution < -0.4 is 20.1 Å². The number of nitrogens with one attached hydrogen (secondary N) is 2. The number of carbonyl (C=O) groups is 2. The molecule has 0 spiro atoms. The summed E-state index contributed by atoms with van der Waals surface area (Å²) in [5, 5.41) is 5.79. The molecule has 1 aliphatic heterocycles. The van der Waals surface area contributed by atoms with Gasteiger partial charge in [0.1, 0.15) is 13.2 Å². The highest BCUT2D eigenvalue weighted by molar-refractivity contribution is 6.03. The van der Waals surface area contributed by atoms with Crippen molar-refractivity contribution in [3.05, 3.63) is 48.0 Å². The Kier molecular flexibility index (Phi) is 4.94. The van der Waals surface area contributed by atoms with E-state index in [9.17, 15) is 9.59 Å². The second kappa shape index (κ2) is 7.43. The summed E-state index contributed by atoms with van der Waals surface area (Å²) in [5.74, 6) is 0.431. The fourth-order valence-corrected chi connectivity index (χ4v) is 3.42. The van der Waals surface area contributed by atoms with Crippen LogP contribution in [0.15, 0.2) is 42.5 Å². The van der Waals surface area contributed by atoms with Crippen molar-refractivity contribution >= 4 is 23.2 Å². The molecule has 2 aromatic rings. The van der Waals surface area contributed by atoms with Gasteiger partial charge in [0.15, 0.2) is 11.5 Å². The average Bonchev–Trinajstić information content (AvgIpc) is 3.49. The van der Waals surface area contributed by atoms with Crippen molar-refractivity contribution in [3.8, 4) is 11.5 Å². The number of amides is 2. The molecule has 0 bridgehead atoms. The summed E-state index contributed by atoms with van der Waals surface area (Å²) in [5.41, 5.74) is 2.67. The number of benzene rings is 2. The van der Waals surface area contributed by atoms with E-state index < -0.39 is 0 Å². The maximum Gasteiger partial charge on any atom is 0.228 e. The second-order valence-electron chi connectivity index (χ2n) is 8.61. The first-order chi connectivity index (χ1) is 13.8. The highest BCUT2D eigenvalue weighted by atomic mass is 16.6. The van der Waals surface area contributed by atoms with Crippen molar-refractivity contribution in [2.45, 2.75) is 32.6 Å². The van der Waals surface area contributed by atoms with Crippen LogP contribution >= 0.6 is 0 Å². The SMILES string of the molecule is CC(C)(C)c1ccc(NC(=O)C2CC2C(=O)Nc2ccc3c(c2)OCCO3)cc1. The van der Waals surface area contributed by atoms with Crippen molar-refractivity contribution in [1.29, 1.82) is 0 Å². The molecule has 1 aliphatic carbocycles. The molecule has 1 saturated carbocycles. The first kappa shape index (κ1) is 19.3. The van der Waals surface area contributed by atoms with Gasteiger partial charge < -0.3 is 20.1 Å². The van der Waals surface area contributed by atoms with Crippen LogP contribution in [0, 0.1) is 11.8 Å². The van der Waals surface area contributed by atoms with E-state index in [-0.39, 0.29) is 29.1 Å². The molecule has 1 heterocycles. The zero-order valence-corrected chi connectivity index (χ0v) is 17.0. The van der Waals surface area contributed by atoms with Crippen LogP contribution in [-0.4, -0.2) is 25.0 Å². The van der Waals surface area contributed by atoms with Crippen LogP contribution in [0.25, 0.3) is 0 Å². The minimum atomic E-state index is -0.308. The summed E-state index contributed by atoms with van der Waals surface area (Å²) in [6.07, 6.45) is 0.558. The van der Waals surface area contributed by atoms with Gasteiger partial charge in [0, 0.05) is 17.4 Å². The number of hydrogen-bond donors (Lipinski definition) is 2. The lowest BCUT2D eigenvalue weighted by Gasteiger charge is -2.19. The minimum absolute atomic E-state index is 0.0655. The molecule has 6 heteroatoms. The minimum Gasteiger partial charge on any atom is -0.486 e. The van der Waals surface area contributed by atoms with Gasteiger partial charge >= 0.3 is 0 Å². The summed E-state index contributed by atoms with van der Waals surface area (Å²) in [4.78, 5) is 25.0. The maximum absolute atomic E-state index is 12.5. The summed E-state index contributed by atoms with van der Waals surface area (Å²) in [6.45, 7) is 7.46. The van der Waals surface area contributed by atoms with E-state index in [0.29, 0.717) is 36.8 Å². The normalized spacial score (nSPS) is 20.0. The van der Waals surface area contributed by atoms with Crippen LogP contribution in [-0.2, 0) is 15.0 Å². The third kappa shape index (κ3) is 4.36. The van der Waals surface area contributed by atoms with Gasteiger partial charge in [-0.05, 0) is 41.7 Å². The molecule has 0 aromatic heterocycles. The van der Waals surface area contributed by atoms with Crippen molar-refractivity contribution in [2.75, 3.05) is 23.8 Å². The molecule has 2 unspecified atom stereocenters. The molecule has 0 radical (unpaired) electrons. The van der Waals surface area contributed by atoms with Crippen molar-refractivity contribution < 1.29 is 19.1 Å². The Bertz CT molecular complexity index is 931. The predicted octanol–water partition coefficient (Wildman–Crippen LogP) is 3.97. The standard InChI is InChI=1S/C23H26N2O4/c1-23(2,3)14-4-6-15(7-5-14)24-21(26)17-13-18(17)22(27)25-16-8-9-19-20(12-16)29-11-10-28-19/h4-9,12,17-18H,10-11,13H2,1-3H3,(H,24,26)(H,25,27). The molecule has 2 aromatic carbocycles. The Balaban J connectivity index is 1.32. The van der Waals surface area contributed by atoms with E-state index >= 15 is 0 Å². The van der Waals surface area contributed by atoms with E-state index in [1.54, 1.807) is 18.2 Å². The third-order valence-electron chi connectivity index (χ3n) is 5.29. The Labute approximate surface area is 170 Å². The average molecular weight is 394 g/mol. The lowest BCUT2D eigenvalue weighted by molar-refractivity contribution is -0.122. The summed E-state index contributed by atoms with van der Waals surface area (Å²) >= 11 is 0. The second-order valence-corrected chi connectivity index (χ2v) is 8.61. The molecule has 6 nitrogen and oxygen atoms in total. The number of anilines is 2. The van der Waals surface area contributed by atoms with E-state index in [1.165, 1.54) is 5.56 Å². The molecule has 0 saturated heterocycles. The maximum atomic E-state index is 12.5. The smallest absolute Gasteiger partial charge is 0.228 e. The molecule has 2 N–H and O–H groups in total. The molecule has 2 atom stereocenters. The van der Waals surface area contributed by atoms with Gasteiger partial charge in [-0.2, -0.15) is 0 Å². The van der Waals surface area contributed by atoms with Crippen molar-refractivity contribution in [2.24, 2.45) is 11.8 Å². The van der Waals surface area contributed by atoms with Gasteiger partial charge in [-0.25, -0.2) is 0 Å². The summed E-state index contributed by atoms with van der Waals surface area (Å²) in [7, 11) is 0. The topological polar surface area (TPSA) is 76.7 Å². The van der Waals surface area contributed by atoms with Crippen molar-refractivity contribution in [3.63, 3.8) is 0 Å². The van der Waals surface area contributed by atoms with Gasteiger partial charge in [0.25, 0.3) is 0 Å². The molecule has 4 rings (SSSR count). The predicted molar refractivity (Wildman–Crippen MR) is 111 cm³/mol. The van der Waals surface area contributed by atoms with E-state index in [1.807, 2.05) is 24.3 Å². The zero-order chi connectivity index (χ0) is 20.6. The Morgan fingerprint density at radius 1 is 0.828 bits per heavy atom. The molecule has 152 valence electrons. The van der Waals surface area contributed by atoms with E-state index in [2.05, 4.69) is 31.4 Å². The van der Waals surface area contributed by atoms with Gasteiger partial charge in [-0.1, -0.05) is 32.9 Å². The molecule has 1 fully saturated rings. The van der Waals surface area contributed by atoms with E-state index in [4.69, 9.17) is 9.47 Å². The molecule has 2 aliphatic rings. The van der Waals surface area contributed by atoms with Crippen LogP contribution in [0.4, 0.5) is 11.4 Å². The molecule has 29 heavy (non-hydrogen) atoms. The quantitative estimate of drug-likeness (QED) is 0.823. The highest BCUT2D eigenvalue weighted by Gasteiger charge is 2.48. The van der Waals surface area contributed by atoms with Crippen LogP contribution in [0.5, 0.6) is 11.5 Å². The number of hydrogen-bond acceptors (Lipinski definition) is 4. The lowest BCUT2D eigenvalue weighted by Crippen LogP contribution is -2.21. The number of rotatable bonds is 4. The molecular formula is C23H26N2O4. The molecule has 2 amide bonds. The van der Waals surface area contributed by atoms with Crippen molar-refractivity contribution in [1.82, 2.24) is 0 Å². The summed E-state index contributed by atoms with van der Waals surface area (Å²) in [6, 6.07) is 13.2. The Hall–Kier alpha value is -3.02. The molecular weight excluding hydrogens is 368 g/mol. The van der Waals surface area contributed by atoms with Crippen LogP contribution in [0.1, 0.15) is 32.8 Å². The number of fused-ring (bicyclic) bond motifs is 1. The van der Waals surface area contributed by atoms with Gasteiger partial charge in [0.2, 0.25) is 11.8 Å². The van der Waals surface area contributed by atoms with Gasteiger partial charge in [-0.3, -0.25) is 9.59 Å². The van der Waals surface area contributed by atoms with Gasteiger partial charge in [-0.15, -0.1) is 0 Å². The Morgan fingerprint density at radius 2 is 1.38 bits per heavy atom. The Morgan fingerprint density at radius 3 is 2.00 bits per heavy atom. The number of ether oxygens (including phenoxy) is 2. The first-order valence-corrected chi connectivity index (χ1v) is 9.93. The first-order valence-electron chi connectivity index (χ1n) is 9.93. The van der Waals surface area contributed by atoms with E-state index in [0.717, 1.165) is 5.69 Å². The highest BCUT2D eigenvalue weighted by Crippen LogP contribution is 2.41. The largest absolute Gasteiger partial charge is 0.486 e. The van der Waals surface area contributed by atoms with Gasteiger partial charge in [0.05, 0.1) is 11.8 Å². The monoisotopic (exact) mass is 394 g/mol. The summed E-state index contributed by atoms with van der Waals surface area (Å²) < 4.78 is 11.0.